The highest BCUT2D eigenvalue weighted by Gasteiger charge is 2.45. The molecule has 28 heavy (non-hydrogen) atoms. The number of benzene rings is 1. The lowest BCUT2D eigenvalue weighted by molar-refractivity contribution is -0.129. The van der Waals surface area contributed by atoms with E-state index in [1.807, 2.05) is 0 Å². The van der Waals surface area contributed by atoms with E-state index in [9.17, 15) is 19.1 Å². The smallest absolute Gasteiger partial charge is 0.290 e. The zero-order valence-electron chi connectivity index (χ0n) is 15.9. The molecule has 0 fully saturated rings. The predicted molar refractivity (Wildman–Crippen MR) is 103 cm³/mol. The molecule has 1 aromatic heterocycles. The van der Waals surface area contributed by atoms with Crippen molar-refractivity contribution in [2.24, 2.45) is 0 Å². The van der Waals surface area contributed by atoms with Crippen molar-refractivity contribution >= 4 is 23.0 Å². The molecule has 0 spiro atoms. The summed E-state index contributed by atoms with van der Waals surface area (Å²) in [5.41, 5.74) is 0.573. The maximum Gasteiger partial charge on any atom is 0.290 e. The third kappa shape index (κ3) is 3.57. The van der Waals surface area contributed by atoms with Crippen LogP contribution in [-0.2, 0) is 9.53 Å². The second-order valence-corrected chi connectivity index (χ2v) is 7.71. The summed E-state index contributed by atoms with van der Waals surface area (Å²) in [6.45, 7) is 4.08. The van der Waals surface area contributed by atoms with Crippen LogP contribution in [0.4, 0.5) is 4.39 Å². The Labute approximate surface area is 166 Å². The molecule has 1 amide bonds. The zero-order valence-corrected chi connectivity index (χ0v) is 16.7. The van der Waals surface area contributed by atoms with E-state index in [0.29, 0.717) is 28.6 Å². The van der Waals surface area contributed by atoms with Crippen LogP contribution in [-0.4, -0.2) is 46.9 Å². The number of nitrogens with zero attached hydrogens (tertiary/aromatic N) is 2. The van der Waals surface area contributed by atoms with E-state index in [0.717, 1.165) is 0 Å². The Hall–Kier alpha value is -2.58. The van der Waals surface area contributed by atoms with Crippen LogP contribution in [0.3, 0.4) is 0 Å². The molecule has 1 unspecified atom stereocenters. The first-order valence-electron chi connectivity index (χ1n) is 8.83. The molecular weight excluding hydrogens is 383 g/mol. The summed E-state index contributed by atoms with van der Waals surface area (Å²) >= 11 is 1.19. The Kier molecular flexibility index (Phi) is 5.90. The third-order valence-electron chi connectivity index (χ3n) is 4.61. The van der Waals surface area contributed by atoms with Crippen LogP contribution in [0.15, 0.2) is 35.6 Å². The van der Waals surface area contributed by atoms with Gasteiger partial charge in [-0.05, 0) is 26.3 Å². The number of aryl methyl sites for hydroxylation is 2. The molecule has 0 aliphatic carbocycles. The van der Waals surface area contributed by atoms with Crippen LogP contribution in [0, 0.1) is 19.7 Å². The van der Waals surface area contributed by atoms with Gasteiger partial charge >= 0.3 is 0 Å². The van der Waals surface area contributed by atoms with Crippen molar-refractivity contribution in [3.63, 3.8) is 0 Å². The standard InChI is InChI=1S/C20H21FN2O4S/c1-11-19(28-12(2)22-11)17(24)15-16(13-7-4-5-8-14(13)21)23(9-6-10-27-3)20(26)18(15)25/h4-5,7-8,16,25H,6,9-10H2,1-3H3. The molecule has 3 rings (SSSR count). The van der Waals surface area contributed by atoms with Gasteiger partial charge in [0, 0.05) is 25.8 Å². The molecule has 1 aliphatic heterocycles. The minimum atomic E-state index is -1.00. The maximum atomic E-state index is 14.6. The van der Waals surface area contributed by atoms with Gasteiger partial charge in [-0.1, -0.05) is 18.2 Å². The number of halogens is 1. The number of aliphatic hydroxyl groups is 1. The highest BCUT2D eigenvalue weighted by molar-refractivity contribution is 7.14. The Morgan fingerprint density at radius 1 is 1.36 bits per heavy atom. The number of carbonyl (C=O) groups excluding carboxylic acids is 2. The number of carbonyl (C=O) groups is 2. The van der Waals surface area contributed by atoms with E-state index in [4.69, 9.17) is 4.74 Å². The van der Waals surface area contributed by atoms with Crippen molar-refractivity contribution in [3.8, 4) is 0 Å². The molecule has 2 aromatic rings. The van der Waals surface area contributed by atoms with Crippen LogP contribution in [0.5, 0.6) is 0 Å². The van der Waals surface area contributed by atoms with E-state index >= 15 is 0 Å². The molecule has 0 radical (unpaired) electrons. The van der Waals surface area contributed by atoms with Gasteiger partial charge in [0.05, 0.1) is 27.2 Å². The van der Waals surface area contributed by atoms with Crippen LogP contribution in [0.1, 0.15) is 38.4 Å². The minimum Gasteiger partial charge on any atom is -0.503 e. The summed E-state index contributed by atoms with van der Waals surface area (Å²) < 4.78 is 19.6. The molecule has 6 nitrogen and oxygen atoms in total. The molecule has 2 heterocycles. The van der Waals surface area contributed by atoms with Gasteiger partial charge in [-0.25, -0.2) is 9.37 Å². The monoisotopic (exact) mass is 404 g/mol. The van der Waals surface area contributed by atoms with Gasteiger partial charge in [-0.15, -0.1) is 11.3 Å². The van der Waals surface area contributed by atoms with E-state index in [-0.39, 0.29) is 17.7 Å². The van der Waals surface area contributed by atoms with Gasteiger partial charge in [-0.2, -0.15) is 0 Å². The minimum absolute atomic E-state index is 0.112. The number of rotatable bonds is 7. The molecule has 0 bridgehead atoms. The highest BCUT2D eigenvalue weighted by atomic mass is 32.1. The van der Waals surface area contributed by atoms with Crippen LogP contribution in [0.25, 0.3) is 0 Å². The van der Waals surface area contributed by atoms with Gasteiger partial charge < -0.3 is 14.7 Å². The van der Waals surface area contributed by atoms with Gasteiger partial charge in [0.25, 0.3) is 5.91 Å². The van der Waals surface area contributed by atoms with Crippen LogP contribution in [0.2, 0.25) is 0 Å². The van der Waals surface area contributed by atoms with Crippen LogP contribution < -0.4 is 0 Å². The molecule has 1 N–H and O–H groups in total. The SMILES string of the molecule is COCCCN1C(=O)C(O)=C(C(=O)c2sc(C)nc2C)C1c1ccccc1F. The first-order chi connectivity index (χ1) is 13.4. The van der Waals surface area contributed by atoms with Crippen LogP contribution >= 0.6 is 11.3 Å². The van der Waals surface area contributed by atoms with E-state index in [2.05, 4.69) is 4.98 Å². The number of Topliss-reactive ketones (excluding diaryl/α,β-unsaturated/α-hetero) is 1. The Morgan fingerprint density at radius 3 is 2.68 bits per heavy atom. The lowest BCUT2D eigenvalue weighted by Crippen LogP contribution is -2.33. The fraction of sp³-hybridized carbons (Fsp3) is 0.350. The molecule has 8 heteroatoms. The normalized spacial score (nSPS) is 16.9. The molecule has 1 aromatic carbocycles. The average Bonchev–Trinajstić information content (AvgIpc) is 3.12. The van der Waals surface area contributed by atoms with Crippen molar-refractivity contribution in [3.05, 3.63) is 62.6 Å². The average molecular weight is 404 g/mol. The lowest BCUT2D eigenvalue weighted by Gasteiger charge is -2.27. The third-order valence-corrected chi connectivity index (χ3v) is 5.68. The van der Waals surface area contributed by atoms with Crippen molar-refractivity contribution in [1.29, 1.82) is 0 Å². The fourth-order valence-corrected chi connectivity index (χ4v) is 4.25. The highest BCUT2D eigenvalue weighted by Crippen LogP contribution is 2.40. The number of hydrogen-bond donors (Lipinski definition) is 1. The topological polar surface area (TPSA) is 79.7 Å². The molecule has 0 saturated heterocycles. The number of methoxy groups -OCH3 is 1. The Morgan fingerprint density at radius 2 is 2.07 bits per heavy atom. The summed E-state index contributed by atoms with van der Waals surface area (Å²) in [5, 5.41) is 11.2. The van der Waals surface area contributed by atoms with Gasteiger partial charge in [-0.3, -0.25) is 9.59 Å². The number of thiazole rings is 1. The summed E-state index contributed by atoms with van der Waals surface area (Å²) in [7, 11) is 1.54. The van der Waals surface area contributed by atoms with Crippen molar-refractivity contribution in [2.75, 3.05) is 20.3 Å². The van der Waals surface area contributed by atoms with Crippen molar-refractivity contribution in [1.82, 2.24) is 9.88 Å². The molecule has 1 atom stereocenters. The maximum absolute atomic E-state index is 14.6. The number of aliphatic hydroxyl groups excluding tert-OH is 1. The molecular formula is C20H21FN2O4S. The van der Waals surface area contributed by atoms with E-state index in [1.54, 1.807) is 27.0 Å². The second-order valence-electron chi connectivity index (χ2n) is 6.51. The largest absolute Gasteiger partial charge is 0.503 e. The van der Waals surface area contributed by atoms with E-state index < -0.39 is 29.3 Å². The number of aromatic nitrogens is 1. The number of ether oxygens (including phenoxy) is 1. The number of amides is 1. The van der Waals surface area contributed by atoms with Gasteiger partial charge in [0.2, 0.25) is 5.78 Å². The summed E-state index contributed by atoms with van der Waals surface area (Å²) in [5.74, 6) is -2.38. The number of hydrogen-bond acceptors (Lipinski definition) is 6. The Balaban J connectivity index is 2.09. The molecule has 0 saturated carbocycles. The fourth-order valence-electron chi connectivity index (χ4n) is 3.38. The Bertz CT molecular complexity index is 953. The lowest BCUT2D eigenvalue weighted by atomic mass is 9.94. The summed E-state index contributed by atoms with van der Waals surface area (Å²) in [6.07, 6.45) is 0.487. The van der Waals surface area contributed by atoms with Crippen molar-refractivity contribution in [2.45, 2.75) is 26.3 Å². The first-order valence-corrected chi connectivity index (χ1v) is 9.64. The summed E-state index contributed by atoms with van der Waals surface area (Å²) in [4.78, 5) is 31.9. The molecule has 148 valence electrons. The second kappa shape index (κ2) is 8.20. The van der Waals surface area contributed by atoms with E-state index in [1.165, 1.54) is 34.4 Å². The first kappa shape index (κ1) is 20.2. The van der Waals surface area contributed by atoms with Crippen molar-refractivity contribution < 1.29 is 23.8 Å². The number of ketones is 1. The predicted octanol–water partition coefficient (Wildman–Crippen LogP) is 3.51. The summed E-state index contributed by atoms with van der Waals surface area (Å²) in [6, 6.07) is 4.96. The zero-order chi connectivity index (χ0) is 20.4. The van der Waals surface area contributed by atoms with Gasteiger partial charge in [0.15, 0.2) is 5.76 Å². The molecule has 1 aliphatic rings. The quantitative estimate of drug-likeness (QED) is 0.564. The van der Waals surface area contributed by atoms with Gasteiger partial charge in [0.1, 0.15) is 5.82 Å².